The van der Waals surface area contributed by atoms with Crippen molar-refractivity contribution in [3.63, 3.8) is 0 Å². The summed E-state index contributed by atoms with van der Waals surface area (Å²) in [5, 5.41) is 11.9. The van der Waals surface area contributed by atoms with Gasteiger partial charge in [-0.2, -0.15) is 0 Å². The van der Waals surface area contributed by atoms with Gasteiger partial charge in [0.1, 0.15) is 11.8 Å². The summed E-state index contributed by atoms with van der Waals surface area (Å²) >= 11 is 5.83. The fourth-order valence-corrected chi connectivity index (χ4v) is 1.81. The molecule has 6 heteroatoms. The highest BCUT2D eigenvalue weighted by Crippen LogP contribution is 2.22. The van der Waals surface area contributed by atoms with E-state index in [-0.39, 0.29) is 5.56 Å². The largest absolute Gasteiger partial charge is 0.496 e. The number of carbonyl (C=O) groups excluding carboxylic acids is 1. The van der Waals surface area contributed by atoms with E-state index in [1.807, 2.05) is 6.92 Å². The minimum Gasteiger partial charge on any atom is -0.496 e. The molecular formula is C13H16ClNO4. The van der Waals surface area contributed by atoms with Crippen LogP contribution in [0.2, 0.25) is 5.02 Å². The zero-order chi connectivity index (χ0) is 14.4. The second-order valence-corrected chi connectivity index (χ2v) is 4.43. The molecule has 1 rings (SSSR count). The number of ether oxygens (including phenoxy) is 1. The molecule has 0 saturated heterocycles. The molecule has 0 aliphatic heterocycles. The van der Waals surface area contributed by atoms with E-state index in [0.717, 1.165) is 0 Å². The zero-order valence-corrected chi connectivity index (χ0v) is 11.5. The van der Waals surface area contributed by atoms with Gasteiger partial charge in [-0.3, -0.25) is 4.79 Å². The lowest BCUT2D eigenvalue weighted by Gasteiger charge is -2.15. The third-order valence-electron chi connectivity index (χ3n) is 2.59. The lowest BCUT2D eigenvalue weighted by Crippen LogP contribution is -2.40. The molecule has 0 aromatic heterocycles. The minimum atomic E-state index is -1.06. The molecule has 1 atom stereocenters. The maximum atomic E-state index is 12.1. The summed E-state index contributed by atoms with van der Waals surface area (Å²) in [6, 6.07) is 3.69. The third-order valence-corrected chi connectivity index (χ3v) is 2.82. The number of carboxylic acid groups (broad SMARTS) is 1. The van der Waals surface area contributed by atoms with Crippen molar-refractivity contribution in [3.05, 3.63) is 28.8 Å². The van der Waals surface area contributed by atoms with Crippen molar-refractivity contribution in [2.24, 2.45) is 0 Å². The Labute approximate surface area is 116 Å². The summed E-state index contributed by atoms with van der Waals surface area (Å²) in [5.74, 6) is -1.22. The van der Waals surface area contributed by atoms with Gasteiger partial charge in [-0.1, -0.05) is 24.9 Å². The zero-order valence-electron chi connectivity index (χ0n) is 10.8. The Kier molecular flexibility index (Phi) is 5.63. The van der Waals surface area contributed by atoms with Gasteiger partial charge in [0.2, 0.25) is 0 Å². The van der Waals surface area contributed by atoms with E-state index in [9.17, 15) is 9.59 Å². The van der Waals surface area contributed by atoms with Crippen LogP contribution in [0, 0.1) is 0 Å². The SMILES string of the molecule is CCC[C@H](NC(=O)c1cc(Cl)ccc1OC)C(=O)O. The van der Waals surface area contributed by atoms with Gasteiger partial charge in [0.05, 0.1) is 12.7 Å². The molecule has 2 N–H and O–H groups in total. The molecule has 0 aliphatic rings. The number of carboxylic acids is 1. The number of nitrogens with one attached hydrogen (secondary N) is 1. The number of rotatable bonds is 6. The van der Waals surface area contributed by atoms with Crippen molar-refractivity contribution in [1.82, 2.24) is 5.32 Å². The average Bonchev–Trinajstić information content (AvgIpc) is 2.37. The van der Waals surface area contributed by atoms with Gasteiger partial charge in [-0.25, -0.2) is 4.79 Å². The van der Waals surface area contributed by atoms with Crippen molar-refractivity contribution in [3.8, 4) is 5.75 Å². The van der Waals surface area contributed by atoms with Crippen molar-refractivity contribution in [1.29, 1.82) is 0 Å². The number of methoxy groups -OCH3 is 1. The summed E-state index contributed by atoms with van der Waals surface area (Å²) in [5.41, 5.74) is 0.220. The van der Waals surface area contributed by atoms with Crippen LogP contribution in [0.25, 0.3) is 0 Å². The molecule has 0 spiro atoms. The van der Waals surface area contributed by atoms with Gasteiger partial charge in [-0.05, 0) is 24.6 Å². The molecule has 5 nitrogen and oxygen atoms in total. The topological polar surface area (TPSA) is 75.6 Å². The van der Waals surface area contributed by atoms with E-state index in [0.29, 0.717) is 23.6 Å². The molecule has 19 heavy (non-hydrogen) atoms. The second kappa shape index (κ2) is 6.99. The van der Waals surface area contributed by atoms with Crippen LogP contribution < -0.4 is 10.1 Å². The molecule has 1 amide bonds. The minimum absolute atomic E-state index is 0.220. The smallest absolute Gasteiger partial charge is 0.326 e. The van der Waals surface area contributed by atoms with Crippen LogP contribution in [0.4, 0.5) is 0 Å². The van der Waals surface area contributed by atoms with Gasteiger partial charge < -0.3 is 15.2 Å². The summed E-state index contributed by atoms with van der Waals surface area (Å²) < 4.78 is 5.06. The standard InChI is InChI=1S/C13H16ClNO4/c1-3-4-10(13(17)18)15-12(16)9-7-8(14)5-6-11(9)19-2/h5-7,10H,3-4H2,1-2H3,(H,15,16)(H,17,18)/t10-/m0/s1. The molecule has 0 aliphatic carbocycles. The average molecular weight is 286 g/mol. The van der Waals surface area contributed by atoms with Crippen LogP contribution in [0.5, 0.6) is 5.75 Å². The number of carbonyl (C=O) groups is 2. The number of aliphatic carboxylic acids is 1. The van der Waals surface area contributed by atoms with Crippen LogP contribution in [0.3, 0.4) is 0 Å². The first-order valence-electron chi connectivity index (χ1n) is 5.86. The Morgan fingerprint density at radius 1 is 1.47 bits per heavy atom. The lowest BCUT2D eigenvalue weighted by molar-refractivity contribution is -0.139. The van der Waals surface area contributed by atoms with Crippen molar-refractivity contribution < 1.29 is 19.4 Å². The molecule has 0 heterocycles. The van der Waals surface area contributed by atoms with E-state index in [2.05, 4.69) is 5.32 Å². The highest BCUT2D eigenvalue weighted by atomic mass is 35.5. The monoisotopic (exact) mass is 285 g/mol. The number of hydrogen-bond donors (Lipinski definition) is 2. The molecule has 104 valence electrons. The van der Waals surface area contributed by atoms with Gasteiger partial charge in [0, 0.05) is 5.02 Å². The second-order valence-electron chi connectivity index (χ2n) is 4.00. The molecular weight excluding hydrogens is 270 g/mol. The Balaban J connectivity index is 2.93. The quantitative estimate of drug-likeness (QED) is 0.841. The van der Waals surface area contributed by atoms with E-state index < -0.39 is 17.9 Å². The van der Waals surface area contributed by atoms with Crippen LogP contribution in [0.1, 0.15) is 30.1 Å². The summed E-state index contributed by atoms with van der Waals surface area (Å²) in [4.78, 5) is 23.1. The Hall–Kier alpha value is -1.75. The van der Waals surface area contributed by atoms with Crippen LogP contribution >= 0.6 is 11.6 Å². The van der Waals surface area contributed by atoms with Gasteiger partial charge in [0.15, 0.2) is 0 Å². The fourth-order valence-electron chi connectivity index (χ4n) is 1.64. The first-order chi connectivity index (χ1) is 8.99. The van der Waals surface area contributed by atoms with E-state index >= 15 is 0 Å². The Bertz CT molecular complexity index is 476. The van der Waals surface area contributed by atoms with E-state index in [1.54, 1.807) is 12.1 Å². The first kappa shape index (κ1) is 15.3. The van der Waals surface area contributed by atoms with Crippen LogP contribution in [-0.4, -0.2) is 30.1 Å². The summed E-state index contributed by atoms with van der Waals surface area (Å²) in [7, 11) is 1.43. The molecule has 0 bridgehead atoms. The molecule has 0 unspecified atom stereocenters. The predicted octanol–water partition coefficient (Wildman–Crippen LogP) is 2.33. The van der Waals surface area contributed by atoms with E-state index in [4.69, 9.17) is 21.4 Å². The molecule has 0 saturated carbocycles. The fraction of sp³-hybridized carbons (Fsp3) is 0.385. The van der Waals surface area contributed by atoms with Gasteiger partial charge in [0.25, 0.3) is 5.91 Å². The van der Waals surface area contributed by atoms with Crippen molar-refractivity contribution >= 4 is 23.5 Å². The number of amides is 1. The molecule has 1 aromatic carbocycles. The first-order valence-corrected chi connectivity index (χ1v) is 6.24. The summed E-state index contributed by atoms with van der Waals surface area (Å²) in [6.45, 7) is 1.85. The Morgan fingerprint density at radius 3 is 2.68 bits per heavy atom. The van der Waals surface area contributed by atoms with Crippen LogP contribution in [-0.2, 0) is 4.79 Å². The maximum absolute atomic E-state index is 12.1. The molecule has 1 aromatic rings. The lowest BCUT2D eigenvalue weighted by atomic mass is 10.1. The van der Waals surface area contributed by atoms with E-state index in [1.165, 1.54) is 13.2 Å². The van der Waals surface area contributed by atoms with Crippen molar-refractivity contribution in [2.75, 3.05) is 7.11 Å². The van der Waals surface area contributed by atoms with Gasteiger partial charge in [-0.15, -0.1) is 0 Å². The number of benzene rings is 1. The predicted molar refractivity (Wildman–Crippen MR) is 71.8 cm³/mol. The Morgan fingerprint density at radius 2 is 2.16 bits per heavy atom. The van der Waals surface area contributed by atoms with Crippen LogP contribution in [0.15, 0.2) is 18.2 Å². The maximum Gasteiger partial charge on any atom is 0.326 e. The van der Waals surface area contributed by atoms with Crippen molar-refractivity contribution in [2.45, 2.75) is 25.8 Å². The summed E-state index contributed by atoms with van der Waals surface area (Å²) in [6.07, 6.45) is 1.02. The number of halogens is 1. The van der Waals surface area contributed by atoms with Gasteiger partial charge >= 0.3 is 5.97 Å². The highest BCUT2D eigenvalue weighted by Gasteiger charge is 2.21. The number of hydrogen-bond acceptors (Lipinski definition) is 3. The normalized spacial score (nSPS) is 11.7. The highest BCUT2D eigenvalue weighted by molar-refractivity contribution is 6.31. The third kappa shape index (κ3) is 4.13. The molecule has 0 radical (unpaired) electrons. The molecule has 0 fully saturated rings.